The molecule has 0 aliphatic heterocycles. The van der Waals surface area contributed by atoms with Crippen molar-refractivity contribution in [3.05, 3.63) is 28.7 Å². The average molecular weight is 406 g/mol. The summed E-state index contributed by atoms with van der Waals surface area (Å²) < 4.78 is 6.65. The summed E-state index contributed by atoms with van der Waals surface area (Å²) in [6.07, 6.45) is 2.10. The first-order chi connectivity index (χ1) is 11.9. The number of benzene rings is 1. The summed E-state index contributed by atoms with van der Waals surface area (Å²) in [5.74, 6) is 2.01. The third-order valence-electron chi connectivity index (χ3n) is 3.16. The Balaban J connectivity index is 2.11. The molecular weight excluding hydrogens is 386 g/mol. The zero-order valence-electron chi connectivity index (χ0n) is 14.6. The van der Waals surface area contributed by atoms with Gasteiger partial charge in [-0.2, -0.15) is 20.2 Å². The summed E-state index contributed by atoms with van der Waals surface area (Å²) >= 11 is 3.38. The summed E-state index contributed by atoms with van der Waals surface area (Å²) in [6.45, 7) is 0.659. The smallest absolute Gasteiger partial charge is 0.245 e. The maximum Gasteiger partial charge on any atom is 0.245 e. The van der Waals surface area contributed by atoms with Gasteiger partial charge in [0.25, 0.3) is 0 Å². The van der Waals surface area contributed by atoms with Crippen LogP contribution in [0.2, 0.25) is 0 Å². The Kier molecular flexibility index (Phi) is 6.36. The van der Waals surface area contributed by atoms with Crippen molar-refractivity contribution in [2.45, 2.75) is 0 Å². The van der Waals surface area contributed by atoms with E-state index in [-0.39, 0.29) is 0 Å². The van der Waals surface area contributed by atoms with Crippen molar-refractivity contribution in [3.63, 3.8) is 0 Å². The van der Waals surface area contributed by atoms with Gasteiger partial charge in [-0.1, -0.05) is 15.9 Å². The predicted molar refractivity (Wildman–Crippen MR) is 101 cm³/mol. The number of nitriles is 1. The maximum atomic E-state index is 9.46. The van der Waals surface area contributed by atoms with E-state index in [1.807, 2.05) is 52.5 Å². The van der Waals surface area contributed by atoms with E-state index in [2.05, 4.69) is 37.1 Å². The van der Waals surface area contributed by atoms with Gasteiger partial charge in [-0.25, -0.2) is 4.90 Å². The number of ether oxygens (including phenoxy) is 1. The quantitative estimate of drug-likeness (QED) is 0.511. The molecule has 0 bridgehead atoms. The van der Waals surface area contributed by atoms with E-state index >= 15 is 0 Å². The second-order valence-corrected chi connectivity index (χ2v) is 6.49. The third-order valence-corrected chi connectivity index (χ3v) is 3.69. The van der Waals surface area contributed by atoms with Gasteiger partial charge in [0.1, 0.15) is 12.4 Å². The van der Waals surface area contributed by atoms with E-state index in [1.54, 1.807) is 9.80 Å². The Hall–Kier alpha value is -2.60. The van der Waals surface area contributed by atoms with Crippen LogP contribution in [-0.2, 0) is 0 Å². The second kappa shape index (κ2) is 8.48. The molecule has 0 N–H and O–H groups in total. The van der Waals surface area contributed by atoms with Crippen LogP contribution in [0.1, 0.15) is 0 Å². The van der Waals surface area contributed by atoms with Crippen molar-refractivity contribution in [2.24, 2.45) is 0 Å². The fraction of sp³-hybridized carbons (Fsp3) is 0.375. The lowest BCUT2D eigenvalue weighted by molar-refractivity contribution is 0.327. The summed E-state index contributed by atoms with van der Waals surface area (Å²) in [6, 6.07) is 7.52. The van der Waals surface area contributed by atoms with Gasteiger partial charge in [-0.3, -0.25) is 0 Å². The molecule has 1 aromatic heterocycles. The molecule has 9 heteroatoms. The van der Waals surface area contributed by atoms with Crippen LogP contribution in [0.15, 0.2) is 28.7 Å². The summed E-state index contributed by atoms with van der Waals surface area (Å²) in [7, 11) is 7.36. The number of hydrogen-bond acceptors (Lipinski definition) is 8. The minimum absolute atomic E-state index is 0.296. The largest absolute Gasteiger partial charge is 0.492 e. The molecule has 2 rings (SSSR count). The topological polar surface area (TPSA) is 81.4 Å². The van der Waals surface area contributed by atoms with Crippen molar-refractivity contribution < 1.29 is 4.74 Å². The minimum Gasteiger partial charge on any atom is -0.492 e. The monoisotopic (exact) mass is 405 g/mol. The van der Waals surface area contributed by atoms with Gasteiger partial charge in [0.2, 0.25) is 17.8 Å². The van der Waals surface area contributed by atoms with Crippen LogP contribution in [0, 0.1) is 11.5 Å². The standard InChI is InChI=1S/C16H20BrN7O/c1-22(2)14-19-15(23(3)4)21-16(20-14)24(11-18)9-10-25-13-7-5-12(17)6-8-13/h5-8H,9-10H2,1-4H3. The fourth-order valence-electron chi connectivity index (χ4n) is 1.84. The molecule has 0 saturated carbocycles. The van der Waals surface area contributed by atoms with E-state index in [9.17, 15) is 5.26 Å². The molecule has 0 saturated heterocycles. The molecule has 0 unspecified atom stereocenters. The Morgan fingerprint density at radius 2 is 1.48 bits per heavy atom. The Morgan fingerprint density at radius 3 is 1.96 bits per heavy atom. The summed E-state index contributed by atoms with van der Waals surface area (Å²) in [5, 5.41) is 9.46. The van der Waals surface area contributed by atoms with Gasteiger partial charge in [0, 0.05) is 32.7 Å². The van der Waals surface area contributed by atoms with Crippen LogP contribution < -0.4 is 19.4 Å². The first kappa shape index (κ1) is 18.7. The van der Waals surface area contributed by atoms with Crippen LogP contribution in [-0.4, -0.2) is 56.3 Å². The summed E-state index contributed by atoms with van der Waals surface area (Å²) in [4.78, 5) is 18.0. The molecule has 0 amide bonds. The Morgan fingerprint density at radius 1 is 0.960 bits per heavy atom. The van der Waals surface area contributed by atoms with Gasteiger partial charge in [-0.05, 0) is 24.3 Å². The molecule has 2 aromatic rings. The Bertz CT molecular complexity index is 717. The Labute approximate surface area is 155 Å². The molecule has 132 valence electrons. The molecule has 0 fully saturated rings. The van der Waals surface area contributed by atoms with E-state index in [1.165, 1.54) is 4.90 Å². The van der Waals surface area contributed by atoms with Crippen LogP contribution in [0.4, 0.5) is 17.8 Å². The highest BCUT2D eigenvalue weighted by atomic mass is 79.9. The van der Waals surface area contributed by atoms with Gasteiger partial charge in [0.05, 0.1) is 6.54 Å². The molecule has 0 aliphatic carbocycles. The van der Waals surface area contributed by atoms with Crippen molar-refractivity contribution >= 4 is 33.8 Å². The van der Waals surface area contributed by atoms with Gasteiger partial charge in [0.15, 0.2) is 6.19 Å². The molecule has 0 spiro atoms. The number of halogens is 1. The lowest BCUT2D eigenvalue weighted by Gasteiger charge is -2.19. The molecular formula is C16H20BrN7O. The zero-order chi connectivity index (χ0) is 18.4. The third kappa shape index (κ3) is 5.19. The lowest BCUT2D eigenvalue weighted by atomic mass is 10.3. The highest BCUT2D eigenvalue weighted by Gasteiger charge is 2.15. The van der Waals surface area contributed by atoms with Crippen molar-refractivity contribution in [2.75, 3.05) is 56.0 Å². The number of anilines is 3. The van der Waals surface area contributed by atoms with Crippen LogP contribution in [0.3, 0.4) is 0 Å². The van der Waals surface area contributed by atoms with Gasteiger partial charge < -0.3 is 14.5 Å². The fourth-order valence-corrected chi connectivity index (χ4v) is 2.11. The van der Waals surface area contributed by atoms with Crippen LogP contribution in [0.5, 0.6) is 5.75 Å². The highest BCUT2D eigenvalue weighted by Crippen LogP contribution is 2.18. The number of rotatable bonds is 7. The normalized spacial score (nSPS) is 10.1. The first-order valence-electron chi connectivity index (χ1n) is 7.57. The number of nitrogens with zero attached hydrogens (tertiary/aromatic N) is 7. The number of hydrogen-bond donors (Lipinski definition) is 0. The van der Waals surface area contributed by atoms with Gasteiger partial charge in [-0.15, -0.1) is 0 Å². The average Bonchev–Trinajstić information content (AvgIpc) is 2.59. The highest BCUT2D eigenvalue weighted by molar-refractivity contribution is 9.10. The van der Waals surface area contributed by atoms with Crippen LogP contribution >= 0.6 is 15.9 Å². The maximum absolute atomic E-state index is 9.46. The van der Waals surface area contributed by atoms with E-state index in [4.69, 9.17) is 4.74 Å². The van der Waals surface area contributed by atoms with Crippen LogP contribution in [0.25, 0.3) is 0 Å². The minimum atomic E-state index is 0.296. The van der Waals surface area contributed by atoms with Gasteiger partial charge >= 0.3 is 0 Å². The lowest BCUT2D eigenvalue weighted by Crippen LogP contribution is -2.27. The SMILES string of the molecule is CN(C)c1nc(N(C)C)nc(N(C#N)CCOc2ccc(Br)cc2)n1. The van der Waals surface area contributed by atoms with E-state index in [0.29, 0.717) is 31.0 Å². The van der Waals surface area contributed by atoms with E-state index in [0.717, 1.165) is 10.2 Å². The molecule has 0 aliphatic rings. The van der Waals surface area contributed by atoms with Crippen molar-refractivity contribution in [1.29, 1.82) is 5.26 Å². The molecule has 0 radical (unpaired) electrons. The molecule has 0 atom stereocenters. The second-order valence-electron chi connectivity index (χ2n) is 5.58. The predicted octanol–water partition coefficient (Wildman–Crippen LogP) is 2.13. The molecule has 1 heterocycles. The van der Waals surface area contributed by atoms with Crippen molar-refractivity contribution in [3.8, 4) is 11.9 Å². The summed E-state index contributed by atoms with van der Waals surface area (Å²) in [5.41, 5.74) is 0. The first-order valence-corrected chi connectivity index (χ1v) is 8.36. The van der Waals surface area contributed by atoms with E-state index < -0.39 is 0 Å². The molecule has 25 heavy (non-hydrogen) atoms. The number of aromatic nitrogens is 3. The molecule has 1 aromatic carbocycles. The molecule has 8 nitrogen and oxygen atoms in total. The van der Waals surface area contributed by atoms with Crippen molar-refractivity contribution in [1.82, 2.24) is 15.0 Å². The zero-order valence-corrected chi connectivity index (χ0v) is 16.2.